The van der Waals surface area contributed by atoms with E-state index in [-0.39, 0.29) is 6.04 Å². The van der Waals surface area contributed by atoms with Crippen LogP contribution in [0.15, 0.2) is 39.9 Å². The molecule has 1 unspecified atom stereocenters. The average Bonchev–Trinajstić information content (AvgIpc) is 2.79. The minimum atomic E-state index is -0.473. The van der Waals surface area contributed by atoms with Crippen molar-refractivity contribution in [2.75, 3.05) is 23.7 Å². The molecule has 0 amide bonds. The minimum absolute atomic E-state index is 0.0287. The number of aryl methyl sites for hydroxylation is 1. The lowest BCUT2D eigenvalue weighted by atomic mass is 9.87. The summed E-state index contributed by atoms with van der Waals surface area (Å²) in [7, 11) is 0. The third-order valence-corrected chi connectivity index (χ3v) is 6.83. The Morgan fingerprint density at radius 1 is 1.03 bits per heavy atom. The lowest BCUT2D eigenvalue weighted by Gasteiger charge is -2.30. The van der Waals surface area contributed by atoms with Gasteiger partial charge < -0.3 is 16.0 Å². The van der Waals surface area contributed by atoms with Crippen molar-refractivity contribution in [2.45, 2.75) is 52.0 Å². The van der Waals surface area contributed by atoms with E-state index >= 15 is 0 Å². The Hall–Kier alpha value is -2.34. The lowest BCUT2D eigenvalue weighted by molar-refractivity contribution is 0.566. The van der Waals surface area contributed by atoms with Crippen molar-refractivity contribution in [3.8, 4) is 0 Å². The van der Waals surface area contributed by atoms with Crippen LogP contribution in [0.2, 0.25) is 10.0 Å². The maximum atomic E-state index is 12.2. The maximum Gasteiger partial charge on any atom is 0.253 e. The van der Waals surface area contributed by atoms with Crippen molar-refractivity contribution in [2.24, 2.45) is 0 Å². The predicted molar refractivity (Wildman–Crippen MR) is 138 cm³/mol. The Bertz CT molecular complexity index is 1230. The molecule has 1 aliphatic rings. The van der Waals surface area contributed by atoms with E-state index in [2.05, 4.69) is 22.9 Å². The summed E-state index contributed by atoms with van der Waals surface area (Å²) >= 11 is 12.8. The van der Waals surface area contributed by atoms with Crippen LogP contribution in [0.4, 0.5) is 17.1 Å². The van der Waals surface area contributed by atoms with Gasteiger partial charge in [-0.3, -0.25) is 9.59 Å². The summed E-state index contributed by atoms with van der Waals surface area (Å²) in [5, 5.41) is 11.2. The minimum Gasteiger partial charge on any atom is -0.380 e. The van der Waals surface area contributed by atoms with Gasteiger partial charge in [0.05, 0.1) is 6.04 Å². The van der Waals surface area contributed by atoms with Crippen LogP contribution < -0.4 is 26.8 Å². The molecule has 1 heterocycles. The van der Waals surface area contributed by atoms with Crippen molar-refractivity contribution < 1.29 is 0 Å². The summed E-state index contributed by atoms with van der Waals surface area (Å²) in [6.07, 6.45) is 5.29. The van der Waals surface area contributed by atoms with Crippen molar-refractivity contribution in [3.05, 3.63) is 83.1 Å². The number of rotatable bonds is 9. The summed E-state index contributed by atoms with van der Waals surface area (Å²) in [6, 6.07) is 9.72. The summed E-state index contributed by atoms with van der Waals surface area (Å²) < 4.78 is 0. The first-order valence-corrected chi connectivity index (χ1v) is 12.3. The highest BCUT2D eigenvalue weighted by Gasteiger charge is 2.26. The second-order valence-corrected chi connectivity index (χ2v) is 9.53. The van der Waals surface area contributed by atoms with Gasteiger partial charge >= 0.3 is 0 Å². The number of benzene rings is 2. The fourth-order valence-electron chi connectivity index (χ4n) is 4.55. The zero-order valence-electron chi connectivity index (χ0n) is 19.0. The zero-order chi connectivity index (χ0) is 23.5. The van der Waals surface area contributed by atoms with Crippen LogP contribution in [0.3, 0.4) is 0 Å². The van der Waals surface area contributed by atoms with E-state index in [1.807, 2.05) is 31.2 Å². The predicted octanol–water partition coefficient (Wildman–Crippen LogP) is 5.87. The number of halogens is 2. The molecule has 0 radical (unpaired) electrons. The Kier molecular flexibility index (Phi) is 7.42. The molecule has 3 N–H and O–H groups in total. The normalized spacial score (nSPS) is 15.5. The highest BCUT2D eigenvalue weighted by molar-refractivity contribution is 6.35. The molecule has 0 saturated heterocycles. The van der Waals surface area contributed by atoms with Crippen molar-refractivity contribution in [1.29, 1.82) is 0 Å². The zero-order valence-corrected chi connectivity index (χ0v) is 20.5. The molecule has 0 fully saturated rings. The molecule has 0 spiro atoms. The number of hydrogen-bond donors (Lipinski definition) is 3. The molecule has 0 aromatic heterocycles. The van der Waals surface area contributed by atoms with E-state index in [9.17, 15) is 9.59 Å². The molecule has 0 bridgehead atoms. The van der Waals surface area contributed by atoms with Gasteiger partial charge in [-0.25, -0.2) is 0 Å². The molecule has 7 heteroatoms. The van der Waals surface area contributed by atoms with Gasteiger partial charge in [0.2, 0.25) is 0 Å². The van der Waals surface area contributed by atoms with Crippen LogP contribution >= 0.6 is 23.2 Å². The van der Waals surface area contributed by atoms with E-state index in [1.54, 1.807) is 6.07 Å². The van der Waals surface area contributed by atoms with Crippen molar-refractivity contribution in [3.63, 3.8) is 0 Å². The second kappa shape index (κ2) is 10.3. The first-order valence-electron chi connectivity index (χ1n) is 11.6. The van der Waals surface area contributed by atoms with Gasteiger partial charge in [0.1, 0.15) is 11.4 Å². The number of fused-ring (bicyclic) bond motifs is 1. The van der Waals surface area contributed by atoms with Crippen LogP contribution in [-0.2, 0) is 6.42 Å². The average molecular weight is 486 g/mol. The SMILES string of the molecule is CCCCCCNc1c(Nc2ccc(C3NCCc4cc(Cl)cc(Cl)c43)c(C)c2)c(=O)c1=O. The van der Waals surface area contributed by atoms with E-state index < -0.39 is 10.9 Å². The highest BCUT2D eigenvalue weighted by atomic mass is 35.5. The Labute approximate surface area is 204 Å². The maximum absolute atomic E-state index is 12.2. The topological polar surface area (TPSA) is 70.2 Å². The van der Waals surface area contributed by atoms with E-state index in [0.29, 0.717) is 28.0 Å². The molecule has 3 aromatic rings. The summed E-state index contributed by atoms with van der Waals surface area (Å²) in [6.45, 7) is 5.72. The fourth-order valence-corrected chi connectivity index (χ4v) is 5.20. The van der Waals surface area contributed by atoms with Crippen LogP contribution in [0.5, 0.6) is 0 Å². The van der Waals surface area contributed by atoms with Crippen LogP contribution in [0.25, 0.3) is 0 Å². The molecule has 0 aliphatic carbocycles. The third kappa shape index (κ3) is 4.96. The number of anilines is 3. The third-order valence-electron chi connectivity index (χ3n) is 6.30. The summed E-state index contributed by atoms with van der Waals surface area (Å²) in [5.74, 6) is 0. The standard InChI is InChI=1S/C26H29Cl2N3O2/c1-3-4-5-6-10-29-23-24(26(33)25(23)32)31-18-7-8-19(15(2)12-18)22-21-16(9-11-30-22)13-17(27)14-20(21)28/h7-8,12-14,22,29-31H,3-6,9-11H2,1-2H3. The van der Waals surface area contributed by atoms with E-state index in [1.165, 1.54) is 6.42 Å². The van der Waals surface area contributed by atoms with Crippen LogP contribution in [-0.4, -0.2) is 13.1 Å². The summed E-state index contributed by atoms with van der Waals surface area (Å²) in [4.78, 5) is 24.2. The number of unbranched alkanes of at least 4 members (excludes halogenated alkanes) is 3. The molecule has 0 saturated carbocycles. The van der Waals surface area contributed by atoms with Crippen molar-refractivity contribution in [1.82, 2.24) is 5.32 Å². The molecule has 5 nitrogen and oxygen atoms in total. The van der Waals surface area contributed by atoms with Gasteiger partial charge in [0.15, 0.2) is 0 Å². The van der Waals surface area contributed by atoms with Gasteiger partial charge in [-0.2, -0.15) is 0 Å². The van der Waals surface area contributed by atoms with E-state index in [0.717, 1.165) is 60.2 Å². The van der Waals surface area contributed by atoms with Gasteiger partial charge in [-0.15, -0.1) is 0 Å². The van der Waals surface area contributed by atoms with Gasteiger partial charge in [0.25, 0.3) is 10.9 Å². The largest absolute Gasteiger partial charge is 0.380 e. The highest BCUT2D eigenvalue weighted by Crippen LogP contribution is 2.38. The smallest absolute Gasteiger partial charge is 0.253 e. The molecule has 174 valence electrons. The monoisotopic (exact) mass is 485 g/mol. The first-order chi connectivity index (χ1) is 15.9. The lowest BCUT2D eigenvalue weighted by Crippen LogP contribution is -2.36. The molecule has 33 heavy (non-hydrogen) atoms. The van der Waals surface area contributed by atoms with Crippen LogP contribution in [0, 0.1) is 6.92 Å². The fraction of sp³-hybridized carbons (Fsp3) is 0.385. The molecule has 4 rings (SSSR count). The van der Waals surface area contributed by atoms with Crippen molar-refractivity contribution >= 4 is 40.3 Å². The molecule has 3 aromatic carbocycles. The second-order valence-electron chi connectivity index (χ2n) is 8.69. The first kappa shape index (κ1) is 23.8. The number of nitrogens with one attached hydrogen (secondary N) is 3. The van der Waals surface area contributed by atoms with Gasteiger partial charge in [-0.1, -0.05) is 55.5 Å². The van der Waals surface area contributed by atoms with E-state index in [4.69, 9.17) is 23.2 Å². The molecular weight excluding hydrogens is 457 g/mol. The molecular formula is C26H29Cl2N3O2. The van der Waals surface area contributed by atoms with Gasteiger partial charge in [0, 0.05) is 28.8 Å². The number of hydrogen-bond acceptors (Lipinski definition) is 5. The summed E-state index contributed by atoms with van der Waals surface area (Å²) in [5.41, 5.74) is 5.00. The molecule has 1 aliphatic heterocycles. The Balaban J connectivity index is 1.52. The Morgan fingerprint density at radius 3 is 2.58 bits per heavy atom. The van der Waals surface area contributed by atoms with Gasteiger partial charge in [-0.05, 0) is 66.3 Å². The Morgan fingerprint density at radius 2 is 1.82 bits per heavy atom. The molecule has 1 atom stereocenters. The quantitative estimate of drug-likeness (QED) is 0.261. The van der Waals surface area contributed by atoms with Crippen LogP contribution in [0.1, 0.15) is 60.9 Å².